The van der Waals surface area contributed by atoms with Gasteiger partial charge in [0.1, 0.15) is 0 Å². The first-order chi connectivity index (χ1) is 1.00. The number of hydrogen-bond donors (Lipinski definition) is 0. The van der Waals surface area contributed by atoms with Crippen LogP contribution in [0.15, 0.2) is 0 Å². The molecular weight excluding hydrogens is 539 g/mol. The van der Waals surface area contributed by atoms with Crippen LogP contribution in [0.2, 0.25) is 0 Å². The zero-order valence-electron chi connectivity index (χ0n) is 5.33. The smallest absolute Gasteiger partial charge is 0 e. The van der Waals surface area contributed by atoms with Gasteiger partial charge in [0, 0.05) is 186 Å². The maximum absolute atomic E-state index is 7.25. The SMILES string of the molecule is [N-]=O.[V].[V].[V].[V].[V].[V].[V].[V].[V].[V]. The average molecular weight is 539 g/mol. The van der Waals surface area contributed by atoms with Gasteiger partial charge in [0.05, 0.1) is 0 Å². The van der Waals surface area contributed by atoms with Gasteiger partial charge in [0.15, 0.2) is 0 Å². The minimum Gasteiger partial charge on any atom is -0.577 e. The van der Waals surface area contributed by atoms with Crippen molar-refractivity contribution in [3.63, 3.8) is 0 Å². The second-order valence-corrected chi connectivity index (χ2v) is 0. The molecule has 0 spiro atoms. The fourth-order valence-corrected chi connectivity index (χ4v) is 0. The molecule has 0 aliphatic carbocycles. The molecule has 0 aliphatic rings. The summed E-state index contributed by atoms with van der Waals surface area (Å²) in [7, 11) is 0. The molecule has 12 heavy (non-hydrogen) atoms. The van der Waals surface area contributed by atoms with Crippen LogP contribution in [0.3, 0.4) is 0 Å². The van der Waals surface area contributed by atoms with Crippen molar-refractivity contribution in [1.82, 2.24) is 0 Å². The van der Waals surface area contributed by atoms with E-state index in [0.29, 0.717) is 0 Å². The minimum absolute atomic E-state index is 0. The van der Waals surface area contributed by atoms with Crippen LogP contribution in [0.5, 0.6) is 0 Å². The van der Waals surface area contributed by atoms with Gasteiger partial charge >= 0.3 is 0 Å². The van der Waals surface area contributed by atoms with Gasteiger partial charge in [-0.25, -0.2) is 0 Å². The van der Waals surface area contributed by atoms with Crippen molar-refractivity contribution < 1.29 is 186 Å². The summed E-state index contributed by atoms with van der Waals surface area (Å²) >= 11 is 0. The van der Waals surface area contributed by atoms with Gasteiger partial charge in [0.2, 0.25) is 0 Å². The first-order valence-corrected chi connectivity index (χ1v) is 0.183. The third-order valence-electron chi connectivity index (χ3n) is 0. The van der Waals surface area contributed by atoms with Crippen LogP contribution in [0.4, 0.5) is 0 Å². The molecule has 0 fully saturated rings. The first-order valence-electron chi connectivity index (χ1n) is 0.183. The largest absolute Gasteiger partial charge is 0.577 e. The van der Waals surface area contributed by atoms with Crippen molar-refractivity contribution in [2.24, 2.45) is 0 Å². The third kappa shape index (κ3) is 109. The van der Waals surface area contributed by atoms with Gasteiger partial charge < -0.3 is 10.5 Å². The molecular formula is NOV10-. The van der Waals surface area contributed by atoms with Gasteiger partial charge in [-0.2, -0.15) is 0 Å². The summed E-state index contributed by atoms with van der Waals surface area (Å²) < 4.78 is 0. The average Bonchev–Trinajstić information content (AvgIpc) is 1.00. The number of rotatable bonds is 0. The monoisotopic (exact) mass is 539 g/mol. The Balaban J connectivity index is -0.000000000111. The van der Waals surface area contributed by atoms with E-state index in [4.69, 9.17) is 10.5 Å². The van der Waals surface area contributed by atoms with E-state index >= 15 is 0 Å². The summed E-state index contributed by atoms with van der Waals surface area (Å²) in [5, 5.41) is 0. The van der Waals surface area contributed by atoms with Crippen molar-refractivity contribution in [1.29, 1.82) is 0 Å². The Kier molecular flexibility index (Phi) is 1250. The van der Waals surface area contributed by atoms with Crippen LogP contribution in [-0.4, -0.2) is 0 Å². The van der Waals surface area contributed by atoms with E-state index in [2.05, 4.69) is 0 Å². The summed E-state index contributed by atoms with van der Waals surface area (Å²) in [5.41, 5.74) is 5.75. The summed E-state index contributed by atoms with van der Waals surface area (Å²) in [4.78, 5) is 7.25. The molecule has 0 atom stereocenters. The molecule has 0 amide bonds. The summed E-state index contributed by atoms with van der Waals surface area (Å²) in [6, 6.07) is 0. The van der Waals surface area contributed by atoms with Crippen molar-refractivity contribution >= 4 is 0 Å². The van der Waals surface area contributed by atoms with E-state index in [1.165, 1.54) is 0 Å². The molecule has 0 heterocycles. The summed E-state index contributed by atoms with van der Waals surface area (Å²) in [5.74, 6) is 0. The zero-order valence-corrected chi connectivity index (χ0v) is 19.3. The molecule has 0 saturated carbocycles. The fraction of sp³-hybridized carbons (Fsp3) is 0. The van der Waals surface area contributed by atoms with Gasteiger partial charge in [-0.3, -0.25) is 0 Å². The Morgan fingerprint density at radius 2 is 0.333 bits per heavy atom. The van der Waals surface area contributed by atoms with E-state index in [1.54, 1.807) is 0 Å². The molecule has 2 nitrogen and oxygen atoms in total. The Morgan fingerprint density at radius 1 is 0.333 bits per heavy atom. The molecule has 0 rings (SSSR count). The molecule has 0 bridgehead atoms. The van der Waals surface area contributed by atoms with Crippen LogP contribution < -0.4 is 0 Å². The van der Waals surface area contributed by atoms with E-state index in [0.717, 1.165) is 0 Å². The third-order valence-corrected chi connectivity index (χ3v) is 0. The van der Waals surface area contributed by atoms with Crippen molar-refractivity contribution in [3.05, 3.63) is 10.5 Å². The number of nitroso groups, excluding NO2 is 1. The minimum atomic E-state index is 0. The van der Waals surface area contributed by atoms with Gasteiger partial charge in [-0.05, 0) is 0 Å². The van der Waals surface area contributed by atoms with E-state index < -0.39 is 0 Å². The quantitative estimate of drug-likeness (QED) is 0.437. The summed E-state index contributed by atoms with van der Waals surface area (Å²) in [6.07, 6.45) is 0. The summed E-state index contributed by atoms with van der Waals surface area (Å²) in [6.45, 7) is 0. The molecule has 0 unspecified atom stereocenters. The number of hydrogen-bond acceptors (Lipinski definition) is 1. The Bertz CT molecular complexity index is 9.80. The van der Waals surface area contributed by atoms with Crippen molar-refractivity contribution in [3.8, 4) is 0 Å². The number of nitrogens with zero attached hydrogens (tertiary/aromatic N) is 1. The second kappa shape index (κ2) is 132. The molecule has 0 saturated heterocycles. The molecule has 0 aromatic heterocycles. The molecule has 62 valence electrons. The topological polar surface area (TPSA) is 39.4 Å². The van der Waals surface area contributed by atoms with E-state index in [-0.39, 0.29) is 186 Å². The van der Waals surface area contributed by atoms with Crippen LogP contribution in [0.1, 0.15) is 0 Å². The Morgan fingerprint density at radius 3 is 0.333 bits per heavy atom. The van der Waals surface area contributed by atoms with E-state index in [1.807, 2.05) is 0 Å². The standard InChI is InChI=1S/NO.10V/c1-2;;;;;;;;;;/q-1;;;;;;;;;;. The molecule has 0 aromatic carbocycles. The molecule has 0 aliphatic heterocycles. The van der Waals surface area contributed by atoms with Crippen LogP contribution >= 0.6 is 0 Å². The van der Waals surface area contributed by atoms with Crippen LogP contribution in [-0.2, 0) is 186 Å². The maximum atomic E-state index is 7.25. The van der Waals surface area contributed by atoms with Gasteiger partial charge in [-0.15, -0.1) is 0 Å². The maximum Gasteiger partial charge on any atom is 0 e. The van der Waals surface area contributed by atoms with Gasteiger partial charge in [-0.1, -0.05) is 0 Å². The normalized spacial score (nSPS) is 0.333. The van der Waals surface area contributed by atoms with Gasteiger partial charge in [0.25, 0.3) is 0 Å². The first kappa shape index (κ1) is 114. The fourth-order valence-electron chi connectivity index (χ4n) is 0. The zero-order chi connectivity index (χ0) is 2.00. The molecule has 10 radical (unpaired) electrons. The Hall–Kier alpha value is 5.44. The van der Waals surface area contributed by atoms with Crippen LogP contribution in [0.25, 0.3) is 5.59 Å². The van der Waals surface area contributed by atoms with Crippen molar-refractivity contribution in [2.45, 2.75) is 0 Å². The predicted molar refractivity (Wildman–Crippen MR) is 6.73 cm³/mol. The molecule has 12 heteroatoms. The van der Waals surface area contributed by atoms with Crippen LogP contribution in [0, 0.1) is 4.91 Å². The second-order valence-electron chi connectivity index (χ2n) is 0. The predicted octanol–water partition coefficient (Wildman–Crippen LogP) is 0.297. The Labute approximate surface area is 192 Å². The molecule has 0 aromatic rings. The van der Waals surface area contributed by atoms with Crippen molar-refractivity contribution in [2.75, 3.05) is 0 Å². The molecule has 0 N–H and O–H groups in total. The van der Waals surface area contributed by atoms with E-state index in [9.17, 15) is 0 Å².